The van der Waals surface area contributed by atoms with Gasteiger partial charge in [0.05, 0.1) is 13.0 Å². The number of carbonyl (C=O) groups is 2. The summed E-state index contributed by atoms with van der Waals surface area (Å²) in [5.41, 5.74) is 2.26. The second kappa shape index (κ2) is 11.2. The van der Waals surface area contributed by atoms with E-state index in [9.17, 15) is 14.0 Å². The fraction of sp³-hybridized carbons (Fsp3) is 0.263. The average molecular weight is 380 g/mol. The lowest BCUT2D eigenvalue weighted by molar-refractivity contribution is -0.123. The third-order valence-electron chi connectivity index (χ3n) is 3.56. The van der Waals surface area contributed by atoms with Crippen molar-refractivity contribution in [1.29, 1.82) is 0 Å². The molecule has 2 amide bonds. The number of hydrogen-bond donors (Lipinski definition) is 3. The molecule has 0 aliphatic heterocycles. The number of nitrogens with one attached hydrogen (secondary N) is 3. The molecule has 2 aromatic rings. The van der Waals surface area contributed by atoms with Crippen molar-refractivity contribution in [2.75, 3.05) is 18.4 Å². The average Bonchev–Trinajstić information content (AvgIpc) is 2.59. The van der Waals surface area contributed by atoms with Gasteiger partial charge in [0.2, 0.25) is 11.8 Å². The van der Waals surface area contributed by atoms with E-state index in [1.54, 1.807) is 12.1 Å². The molecule has 2 aromatic carbocycles. The normalized spacial score (nSPS) is 9.92. The Morgan fingerprint density at radius 1 is 1.04 bits per heavy atom. The van der Waals surface area contributed by atoms with E-state index in [-0.39, 0.29) is 43.0 Å². The Kier molecular flexibility index (Phi) is 9.33. The fourth-order valence-electron chi connectivity index (χ4n) is 2.32. The van der Waals surface area contributed by atoms with Gasteiger partial charge < -0.3 is 16.0 Å². The summed E-state index contributed by atoms with van der Waals surface area (Å²) in [7, 11) is 0. The summed E-state index contributed by atoms with van der Waals surface area (Å²) in [6.45, 7) is 3.36. The van der Waals surface area contributed by atoms with Crippen LogP contribution in [0.15, 0.2) is 48.5 Å². The van der Waals surface area contributed by atoms with Crippen LogP contribution in [0, 0.1) is 5.82 Å². The zero-order valence-electron chi connectivity index (χ0n) is 14.5. The molecule has 0 fully saturated rings. The molecule has 7 heteroatoms. The predicted molar refractivity (Wildman–Crippen MR) is 103 cm³/mol. The number of anilines is 1. The van der Waals surface area contributed by atoms with Crippen LogP contribution in [0.5, 0.6) is 0 Å². The third kappa shape index (κ3) is 7.21. The van der Waals surface area contributed by atoms with Gasteiger partial charge in [-0.25, -0.2) is 4.39 Å². The topological polar surface area (TPSA) is 70.2 Å². The van der Waals surface area contributed by atoms with Crippen molar-refractivity contribution in [3.63, 3.8) is 0 Å². The van der Waals surface area contributed by atoms with Crippen LogP contribution in [-0.2, 0) is 22.6 Å². The number of benzene rings is 2. The van der Waals surface area contributed by atoms with Gasteiger partial charge in [-0.15, -0.1) is 12.4 Å². The molecule has 0 radical (unpaired) electrons. The van der Waals surface area contributed by atoms with E-state index in [0.29, 0.717) is 17.8 Å². The molecular weight excluding hydrogens is 357 g/mol. The van der Waals surface area contributed by atoms with E-state index in [1.807, 2.05) is 31.2 Å². The molecular formula is C19H23ClFN3O2. The summed E-state index contributed by atoms with van der Waals surface area (Å²) in [5, 5.41) is 8.55. The molecule has 0 saturated carbocycles. The number of para-hydroxylation sites is 1. The standard InChI is InChI=1S/C19H22FN3O2.ClH/c1-2-21-12-15-7-3-4-9-17(15)23-19(25)13-22-18(24)11-14-6-5-8-16(20)10-14;/h3-10,21H,2,11-13H2,1H3,(H,22,24)(H,23,25);1H. The van der Waals surface area contributed by atoms with Crippen LogP contribution in [0.4, 0.5) is 10.1 Å². The molecule has 5 nitrogen and oxygen atoms in total. The summed E-state index contributed by atoms with van der Waals surface area (Å²) in [6.07, 6.45) is 0.0298. The first kappa shape index (κ1) is 21.6. The summed E-state index contributed by atoms with van der Waals surface area (Å²) >= 11 is 0. The molecule has 0 heterocycles. The third-order valence-corrected chi connectivity index (χ3v) is 3.56. The van der Waals surface area contributed by atoms with E-state index in [1.165, 1.54) is 12.1 Å². The summed E-state index contributed by atoms with van der Waals surface area (Å²) < 4.78 is 13.1. The van der Waals surface area contributed by atoms with Crippen molar-refractivity contribution in [3.8, 4) is 0 Å². The monoisotopic (exact) mass is 379 g/mol. The molecule has 0 spiro atoms. The van der Waals surface area contributed by atoms with Crippen molar-refractivity contribution in [2.24, 2.45) is 0 Å². The van der Waals surface area contributed by atoms with Crippen LogP contribution in [-0.4, -0.2) is 24.9 Å². The molecule has 0 unspecified atom stereocenters. The van der Waals surface area contributed by atoms with Crippen molar-refractivity contribution in [2.45, 2.75) is 19.9 Å². The van der Waals surface area contributed by atoms with E-state index in [4.69, 9.17) is 0 Å². The number of amides is 2. The number of halogens is 2. The predicted octanol–water partition coefficient (Wildman–Crippen LogP) is 2.65. The van der Waals surface area contributed by atoms with Crippen LogP contribution in [0.3, 0.4) is 0 Å². The fourth-order valence-corrected chi connectivity index (χ4v) is 2.32. The maximum absolute atomic E-state index is 13.1. The van der Waals surface area contributed by atoms with Crippen LogP contribution in [0.2, 0.25) is 0 Å². The van der Waals surface area contributed by atoms with E-state index < -0.39 is 0 Å². The second-order valence-electron chi connectivity index (χ2n) is 5.57. The van der Waals surface area contributed by atoms with E-state index in [0.717, 1.165) is 12.1 Å². The Labute approximate surface area is 158 Å². The van der Waals surface area contributed by atoms with Gasteiger partial charge >= 0.3 is 0 Å². The lowest BCUT2D eigenvalue weighted by Gasteiger charge is -2.12. The highest BCUT2D eigenvalue weighted by atomic mass is 35.5. The van der Waals surface area contributed by atoms with Crippen molar-refractivity contribution >= 4 is 29.9 Å². The number of carbonyl (C=O) groups excluding carboxylic acids is 2. The minimum atomic E-state index is -0.389. The van der Waals surface area contributed by atoms with Crippen molar-refractivity contribution in [3.05, 3.63) is 65.5 Å². The van der Waals surface area contributed by atoms with Crippen LogP contribution < -0.4 is 16.0 Å². The smallest absolute Gasteiger partial charge is 0.243 e. The zero-order chi connectivity index (χ0) is 18.1. The molecule has 0 aliphatic carbocycles. The molecule has 140 valence electrons. The Hall–Kier alpha value is -2.44. The van der Waals surface area contributed by atoms with Gasteiger partial charge in [-0.1, -0.05) is 37.3 Å². The molecule has 3 N–H and O–H groups in total. The van der Waals surface area contributed by atoms with Gasteiger partial charge in [-0.05, 0) is 35.9 Å². The second-order valence-corrected chi connectivity index (χ2v) is 5.57. The summed E-state index contributed by atoms with van der Waals surface area (Å²) in [6, 6.07) is 13.3. The van der Waals surface area contributed by atoms with Crippen molar-refractivity contribution in [1.82, 2.24) is 10.6 Å². The molecule has 0 saturated heterocycles. The summed E-state index contributed by atoms with van der Waals surface area (Å²) in [4.78, 5) is 23.9. The maximum atomic E-state index is 13.1. The van der Waals surface area contributed by atoms with Gasteiger partial charge in [0.25, 0.3) is 0 Å². The molecule has 0 bridgehead atoms. The van der Waals surface area contributed by atoms with Crippen LogP contribution in [0.1, 0.15) is 18.1 Å². The molecule has 0 atom stereocenters. The first-order valence-electron chi connectivity index (χ1n) is 8.18. The number of rotatable bonds is 8. The lowest BCUT2D eigenvalue weighted by atomic mass is 10.1. The van der Waals surface area contributed by atoms with E-state index >= 15 is 0 Å². The minimum absolute atomic E-state index is 0. The number of hydrogen-bond acceptors (Lipinski definition) is 3. The highest BCUT2D eigenvalue weighted by molar-refractivity contribution is 5.95. The van der Waals surface area contributed by atoms with Crippen LogP contribution >= 0.6 is 12.4 Å². The highest BCUT2D eigenvalue weighted by Gasteiger charge is 2.09. The van der Waals surface area contributed by atoms with Gasteiger partial charge in [-0.2, -0.15) is 0 Å². The Bertz CT molecular complexity index is 740. The van der Waals surface area contributed by atoms with Crippen LogP contribution in [0.25, 0.3) is 0 Å². The zero-order valence-corrected chi connectivity index (χ0v) is 15.4. The molecule has 0 aliphatic rings. The largest absolute Gasteiger partial charge is 0.347 e. The Morgan fingerprint density at radius 2 is 1.81 bits per heavy atom. The molecule has 0 aromatic heterocycles. The first-order valence-corrected chi connectivity index (χ1v) is 8.18. The summed E-state index contributed by atoms with van der Waals surface area (Å²) in [5.74, 6) is -1.03. The van der Waals surface area contributed by atoms with Crippen molar-refractivity contribution < 1.29 is 14.0 Å². The van der Waals surface area contributed by atoms with E-state index in [2.05, 4.69) is 16.0 Å². The first-order chi connectivity index (χ1) is 12.1. The SMILES string of the molecule is CCNCc1ccccc1NC(=O)CNC(=O)Cc1cccc(F)c1.Cl. The molecule has 26 heavy (non-hydrogen) atoms. The quantitative estimate of drug-likeness (QED) is 0.660. The Balaban J connectivity index is 0.00000338. The minimum Gasteiger partial charge on any atom is -0.347 e. The molecule has 2 rings (SSSR count). The Morgan fingerprint density at radius 3 is 2.54 bits per heavy atom. The van der Waals surface area contributed by atoms with Gasteiger partial charge in [0.1, 0.15) is 5.82 Å². The van der Waals surface area contributed by atoms with Gasteiger partial charge in [-0.3, -0.25) is 9.59 Å². The van der Waals surface area contributed by atoms with Gasteiger partial charge in [0.15, 0.2) is 0 Å². The highest BCUT2D eigenvalue weighted by Crippen LogP contribution is 2.14. The van der Waals surface area contributed by atoms with Gasteiger partial charge in [0, 0.05) is 12.2 Å². The lowest BCUT2D eigenvalue weighted by Crippen LogP contribution is -2.34. The maximum Gasteiger partial charge on any atom is 0.243 e.